The van der Waals surface area contributed by atoms with E-state index in [0.29, 0.717) is 6.42 Å². The predicted molar refractivity (Wildman–Crippen MR) is 91.7 cm³/mol. The van der Waals surface area contributed by atoms with Gasteiger partial charge in [0.15, 0.2) is 12.4 Å². The lowest BCUT2D eigenvalue weighted by Gasteiger charge is -2.42. The fourth-order valence-corrected chi connectivity index (χ4v) is 2.67. The van der Waals surface area contributed by atoms with Crippen molar-refractivity contribution in [2.45, 2.75) is 74.9 Å². The highest BCUT2D eigenvalue weighted by Gasteiger charge is 2.47. The average molecular weight is 413 g/mol. The summed E-state index contributed by atoms with van der Waals surface area (Å²) in [5, 5.41) is 80.5. The number of hydrogen-bond acceptors (Lipinski definition) is 11. The number of aliphatic hydroxyl groups excluding tert-OH is 8. The van der Waals surface area contributed by atoms with E-state index in [1.165, 1.54) is 0 Å². The van der Waals surface area contributed by atoms with E-state index in [1.54, 1.807) is 0 Å². The van der Waals surface area contributed by atoms with Gasteiger partial charge in [0.25, 0.3) is 5.91 Å². The summed E-state index contributed by atoms with van der Waals surface area (Å²) in [4.78, 5) is 11.9. The lowest BCUT2D eigenvalue weighted by atomic mass is 9.98. The maximum Gasteiger partial charge on any atom is 0.251 e. The van der Waals surface area contributed by atoms with E-state index in [9.17, 15) is 45.6 Å². The molecule has 12 heteroatoms. The van der Waals surface area contributed by atoms with Crippen LogP contribution in [-0.2, 0) is 14.3 Å². The minimum absolute atomic E-state index is 0.250. The summed E-state index contributed by atoms with van der Waals surface area (Å²) in [5.41, 5.74) is 0. The Kier molecular flexibility index (Phi) is 10.7. The summed E-state index contributed by atoms with van der Waals surface area (Å²) in [7, 11) is 0. The zero-order valence-electron chi connectivity index (χ0n) is 15.5. The second-order valence-corrected chi connectivity index (χ2v) is 6.63. The highest BCUT2D eigenvalue weighted by atomic mass is 16.7. The van der Waals surface area contributed by atoms with Gasteiger partial charge in [0.2, 0.25) is 0 Å². The summed E-state index contributed by atoms with van der Waals surface area (Å²) in [6.45, 7) is 0.478. The molecule has 1 amide bonds. The van der Waals surface area contributed by atoms with Crippen molar-refractivity contribution in [3.05, 3.63) is 0 Å². The third-order valence-electron chi connectivity index (χ3n) is 4.46. The van der Waals surface area contributed by atoms with Gasteiger partial charge in [-0.05, 0) is 6.42 Å². The van der Waals surface area contributed by atoms with Crippen LogP contribution in [0.4, 0.5) is 0 Å². The molecular formula is C16H31NO11. The molecule has 9 unspecified atom stereocenters. The highest BCUT2D eigenvalue weighted by molar-refractivity contribution is 5.81. The van der Waals surface area contributed by atoms with Crippen LogP contribution in [0, 0.1) is 0 Å². The van der Waals surface area contributed by atoms with Gasteiger partial charge in [-0.1, -0.05) is 13.3 Å². The topological polar surface area (TPSA) is 209 Å². The molecule has 0 aromatic heterocycles. The van der Waals surface area contributed by atoms with Crippen molar-refractivity contribution in [1.29, 1.82) is 0 Å². The van der Waals surface area contributed by atoms with Gasteiger partial charge < -0.3 is 55.6 Å². The summed E-state index contributed by atoms with van der Waals surface area (Å²) in [6, 6.07) is 0. The Labute approximate surface area is 161 Å². The fraction of sp³-hybridized carbons (Fsp3) is 0.938. The Morgan fingerprint density at radius 3 is 2.29 bits per heavy atom. The Balaban J connectivity index is 2.88. The first-order chi connectivity index (χ1) is 13.2. The second-order valence-electron chi connectivity index (χ2n) is 6.63. The number of carbonyl (C=O) groups excluding carboxylic acids is 1. The van der Waals surface area contributed by atoms with Crippen LogP contribution in [0.5, 0.6) is 0 Å². The number of unbranched alkanes of at least 4 members (excludes halogenated alkanes) is 1. The predicted octanol–water partition coefficient (Wildman–Crippen LogP) is -4.84. The van der Waals surface area contributed by atoms with Crippen LogP contribution in [0.15, 0.2) is 0 Å². The lowest BCUT2D eigenvalue weighted by molar-refractivity contribution is -0.326. The number of amides is 1. The van der Waals surface area contributed by atoms with Crippen molar-refractivity contribution in [1.82, 2.24) is 5.32 Å². The van der Waals surface area contributed by atoms with Crippen LogP contribution in [-0.4, -0.2) is 122 Å². The number of carbonyl (C=O) groups is 1. The average Bonchev–Trinajstić information content (AvgIpc) is 2.70. The normalized spacial score (nSPS) is 32.4. The quantitative estimate of drug-likeness (QED) is 0.147. The van der Waals surface area contributed by atoms with E-state index in [0.717, 1.165) is 6.42 Å². The Bertz CT molecular complexity index is 466. The van der Waals surface area contributed by atoms with E-state index in [2.05, 4.69) is 5.32 Å². The van der Waals surface area contributed by atoms with Crippen molar-refractivity contribution in [2.24, 2.45) is 0 Å². The van der Waals surface area contributed by atoms with Crippen molar-refractivity contribution < 1.29 is 55.1 Å². The molecule has 0 radical (unpaired) electrons. The molecule has 9 atom stereocenters. The second kappa shape index (κ2) is 11.9. The first-order valence-corrected chi connectivity index (χ1v) is 9.08. The van der Waals surface area contributed by atoms with Gasteiger partial charge in [-0.15, -0.1) is 0 Å². The first-order valence-electron chi connectivity index (χ1n) is 9.08. The van der Waals surface area contributed by atoms with Crippen LogP contribution in [0.1, 0.15) is 19.8 Å². The van der Waals surface area contributed by atoms with Gasteiger partial charge in [-0.25, -0.2) is 0 Å². The molecule has 1 heterocycles. The largest absolute Gasteiger partial charge is 0.394 e. The van der Waals surface area contributed by atoms with Crippen molar-refractivity contribution in [3.8, 4) is 0 Å². The number of hydrogen-bond donors (Lipinski definition) is 9. The van der Waals surface area contributed by atoms with Crippen LogP contribution in [0.2, 0.25) is 0 Å². The molecule has 1 rings (SSSR count). The summed E-state index contributed by atoms with van der Waals surface area (Å²) < 4.78 is 10.3. The molecule has 1 fully saturated rings. The molecule has 0 aromatic carbocycles. The summed E-state index contributed by atoms with van der Waals surface area (Å²) in [6.07, 6.45) is -14.6. The zero-order valence-corrected chi connectivity index (χ0v) is 15.5. The molecule has 9 N–H and O–H groups in total. The number of aliphatic hydroxyl groups is 8. The van der Waals surface area contributed by atoms with Crippen molar-refractivity contribution in [3.63, 3.8) is 0 Å². The van der Waals surface area contributed by atoms with Crippen LogP contribution >= 0.6 is 0 Å². The van der Waals surface area contributed by atoms with Gasteiger partial charge in [-0.3, -0.25) is 4.79 Å². The molecule has 12 nitrogen and oxygen atoms in total. The molecule has 0 spiro atoms. The van der Waals surface area contributed by atoms with E-state index in [1.807, 2.05) is 6.92 Å². The number of rotatable bonds is 11. The highest BCUT2D eigenvalue weighted by Crippen LogP contribution is 2.25. The monoisotopic (exact) mass is 413 g/mol. The Morgan fingerprint density at radius 1 is 1.11 bits per heavy atom. The lowest BCUT2D eigenvalue weighted by Crippen LogP contribution is -2.62. The van der Waals surface area contributed by atoms with Crippen molar-refractivity contribution in [2.75, 3.05) is 19.8 Å². The third-order valence-corrected chi connectivity index (χ3v) is 4.46. The fourth-order valence-electron chi connectivity index (χ4n) is 2.67. The molecule has 0 aliphatic carbocycles. The van der Waals surface area contributed by atoms with Crippen molar-refractivity contribution >= 4 is 5.91 Å². The molecule has 0 aromatic rings. The molecule has 1 aliphatic rings. The van der Waals surface area contributed by atoms with E-state index >= 15 is 0 Å². The molecule has 1 aliphatic heterocycles. The SMILES string of the molecule is CCCCNC(=O)C(O)C(O)C(OC1OC(CO)C(O)C(O)C1O)C(O)CO. The van der Waals surface area contributed by atoms with Gasteiger partial charge in [0.05, 0.1) is 13.2 Å². The molecule has 166 valence electrons. The van der Waals surface area contributed by atoms with Crippen LogP contribution in [0.25, 0.3) is 0 Å². The van der Waals surface area contributed by atoms with E-state index in [-0.39, 0.29) is 6.54 Å². The van der Waals surface area contributed by atoms with Crippen LogP contribution < -0.4 is 5.32 Å². The minimum atomic E-state index is -2.03. The molecular weight excluding hydrogens is 382 g/mol. The Morgan fingerprint density at radius 2 is 1.75 bits per heavy atom. The Hall–Kier alpha value is -0.930. The van der Waals surface area contributed by atoms with Gasteiger partial charge in [0, 0.05) is 6.54 Å². The maximum absolute atomic E-state index is 11.9. The first kappa shape index (κ1) is 25.1. The van der Waals surface area contributed by atoms with E-state index < -0.39 is 74.2 Å². The van der Waals surface area contributed by atoms with Crippen LogP contribution in [0.3, 0.4) is 0 Å². The zero-order chi connectivity index (χ0) is 21.4. The van der Waals surface area contributed by atoms with E-state index in [4.69, 9.17) is 9.47 Å². The smallest absolute Gasteiger partial charge is 0.251 e. The molecule has 28 heavy (non-hydrogen) atoms. The molecule has 1 saturated heterocycles. The third kappa shape index (κ3) is 6.29. The van der Waals surface area contributed by atoms with Gasteiger partial charge in [-0.2, -0.15) is 0 Å². The number of ether oxygens (including phenoxy) is 2. The molecule has 0 saturated carbocycles. The van der Waals surface area contributed by atoms with Gasteiger partial charge in [0.1, 0.15) is 42.7 Å². The minimum Gasteiger partial charge on any atom is -0.394 e. The van der Waals surface area contributed by atoms with Gasteiger partial charge >= 0.3 is 0 Å². The number of nitrogens with one attached hydrogen (secondary N) is 1. The standard InChI is InChI=1S/C16H31NO11/c1-2-3-4-17-15(26)12(24)11(23)14(7(20)5-18)28-16-13(25)10(22)9(21)8(6-19)27-16/h7-14,16,18-25H,2-6H2,1H3,(H,17,26). The maximum atomic E-state index is 11.9. The summed E-state index contributed by atoms with van der Waals surface area (Å²) in [5.74, 6) is -0.937. The summed E-state index contributed by atoms with van der Waals surface area (Å²) >= 11 is 0. The molecule has 0 bridgehead atoms.